The van der Waals surface area contributed by atoms with E-state index < -0.39 is 0 Å². The Morgan fingerprint density at radius 1 is 1.47 bits per heavy atom. The highest BCUT2D eigenvalue weighted by Gasteiger charge is 2.22. The summed E-state index contributed by atoms with van der Waals surface area (Å²) in [5.74, 6) is 0.705. The fraction of sp³-hybridized carbons (Fsp3) is 0.571. The van der Waals surface area contributed by atoms with E-state index in [2.05, 4.69) is 4.90 Å². The Labute approximate surface area is 103 Å². The van der Waals surface area contributed by atoms with Crippen molar-refractivity contribution in [3.8, 4) is 0 Å². The van der Waals surface area contributed by atoms with Crippen molar-refractivity contribution in [1.29, 1.82) is 0 Å². The van der Waals surface area contributed by atoms with E-state index in [0.717, 1.165) is 37.3 Å². The molecule has 1 fully saturated rings. The van der Waals surface area contributed by atoms with Crippen LogP contribution in [-0.4, -0.2) is 19.6 Å². The Morgan fingerprint density at radius 2 is 2.24 bits per heavy atom. The maximum atomic E-state index is 13.9. The second kappa shape index (κ2) is 5.05. The highest BCUT2D eigenvalue weighted by Crippen LogP contribution is 2.27. The van der Waals surface area contributed by atoms with Gasteiger partial charge >= 0.3 is 0 Å². The molecule has 1 aliphatic heterocycles. The predicted octanol–water partition coefficient (Wildman–Crippen LogP) is 2.73. The molecule has 0 aliphatic carbocycles. The molecule has 2 N–H and O–H groups in total. The Morgan fingerprint density at radius 3 is 2.76 bits per heavy atom. The van der Waals surface area contributed by atoms with Gasteiger partial charge in [-0.3, -0.25) is 0 Å². The summed E-state index contributed by atoms with van der Waals surface area (Å²) >= 11 is 0. The normalized spacial score (nSPS) is 20.3. The van der Waals surface area contributed by atoms with Crippen molar-refractivity contribution in [2.75, 3.05) is 24.5 Å². The summed E-state index contributed by atoms with van der Waals surface area (Å²) in [4.78, 5) is 2.23. The SMILES string of the molecule is CC(C)c1ccc(N2CCC(CN)C2)cc1F. The van der Waals surface area contributed by atoms with Crippen LogP contribution in [0.1, 0.15) is 31.7 Å². The molecule has 1 aromatic rings. The fourth-order valence-electron chi connectivity index (χ4n) is 2.44. The molecule has 2 nitrogen and oxygen atoms in total. The lowest BCUT2D eigenvalue weighted by Crippen LogP contribution is -2.22. The van der Waals surface area contributed by atoms with E-state index >= 15 is 0 Å². The van der Waals surface area contributed by atoms with Crippen LogP contribution in [0.25, 0.3) is 0 Å². The van der Waals surface area contributed by atoms with Gasteiger partial charge in [-0.25, -0.2) is 4.39 Å². The minimum atomic E-state index is -0.0892. The molecule has 0 bridgehead atoms. The van der Waals surface area contributed by atoms with Gasteiger partial charge in [-0.2, -0.15) is 0 Å². The van der Waals surface area contributed by atoms with E-state index in [1.165, 1.54) is 0 Å². The summed E-state index contributed by atoms with van der Waals surface area (Å²) in [5.41, 5.74) is 7.45. The molecule has 1 atom stereocenters. The Kier molecular flexibility index (Phi) is 3.67. The van der Waals surface area contributed by atoms with Crippen LogP contribution in [0.3, 0.4) is 0 Å². The third-order valence-corrected chi connectivity index (χ3v) is 3.59. The number of nitrogens with zero attached hydrogens (tertiary/aromatic N) is 1. The van der Waals surface area contributed by atoms with Crippen LogP contribution in [0.5, 0.6) is 0 Å². The lowest BCUT2D eigenvalue weighted by atomic mass is 10.0. The molecule has 0 radical (unpaired) electrons. The van der Waals surface area contributed by atoms with Crippen LogP contribution >= 0.6 is 0 Å². The quantitative estimate of drug-likeness (QED) is 0.874. The summed E-state index contributed by atoms with van der Waals surface area (Å²) in [6.07, 6.45) is 1.12. The number of benzene rings is 1. The largest absolute Gasteiger partial charge is 0.371 e. The Balaban J connectivity index is 2.15. The van der Waals surface area contributed by atoms with Crippen LogP contribution in [0.4, 0.5) is 10.1 Å². The van der Waals surface area contributed by atoms with Crippen molar-refractivity contribution < 1.29 is 4.39 Å². The molecular weight excluding hydrogens is 215 g/mol. The zero-order valence-corrected chi connectivity index (χ0v) is 10.6. The number of rotatable bonds is 3. The van der Waals surface area contributed by atoms with E-state index in [4.69, 9.17) is 5.73 Å². The highest BCUT2D eigenvalue weighted by molar-refractivity contribution is 5.49. The third-order valence-electron chi connectivity index (χ3n) is 3.59. The topological polar surface area (TPSA) is 29.3 Å². The molecule has 94 valence electrons. The summed E-state index contributed by atoms with van der Waals surface area (Å²) in [5, 5.41) is 0. The molecule has 1 aromatic carbocycles. The molecule has 0 amide bonds. The van der Waals surface area contributed by atoms with Crippen LogP contribution in [0.2, 0.25) is 0 Å². The highest BCUT2D eigenvalue weighted by atomic mass is 19.1. The monoisotopic (exact) mass is 236 g/mol. The van der Waals surface area contributed by atoms with Gasteiger partial charge in [-0.1, -0.05) is 19.9 Å². The number of halogens is 1. The Hall–Kier alpha value is -1.09. The van der Waals surface area contributed by atoms with E-state index in [1.807, 2.05) is 26.0 Å². The van der Waals surface area contributed by atoms with E-state index in [-0.39, 0.29) is 11.7 Å². The molecule has 1 aliphatic rings. The van der Waals surface area contributed by atoms with Gasteiger partial charge in [0.2, 0.25) is 0 Å². The average Bonchev–Trinajstić information content (AvgIpc) is 2.76. The average molecular weight is 236 g/mol. The molecule has 0 saturated carbocycles. The van der Waals surface area contributed by atoms with Gasteiger partial charge in [0.1, 0.15) is 5.82 Å². The third kappa shape index (κ3) is 2.60. The first-order chi connectivity index (χ1) is 8.11. The molecule has 1 saturated heterocycles. The van der Waals surface area contributed by atoms with Crippen molar-refractivity contribution in [2.45, 2.75) is 26.2 Å². The molecular formula is C14H21FN2. The lowest BCUT2D eigenvalue weighted by Gasteiger charge is -2.19. The van der Waals surface area contributed by atoms with Gasteiger partial charge in [0.15, 0.2) is 0 Å². The minimum Gasteiger partial charge on any atom is -0.371 e. The number of nitrogens with two attached hydrogens (primary N) is 1. The van der Waals surface area contributed by atoms with Crippen LogP contribution in [-0.2, 0) is 0 Å². The van der Waals surface area contributed by atoms with Gasteiger partial charge in [0, 0.05) is 18.8 Å². The summed E-state index contributed by atoms with van der Waals surface area (Å²) in [6, 6.07) is 5.59. The first-order valence-electron chi connectivity index (χ1n) is 6.36. The van der Waals surface area contributed by atoms with Crippen LogP contribution < -0.4 is 10.6 Å². The standard InChI is InChI=1S/C14H21FN2/c1-10(2)13-4-3-12(7-14(13)15)17-6-5-11(8-16)9-17/h3-4,7,10-11H,5-6,8-9,16H2,1-2H3. The van der Waals surface area contributed by atoms with Gasteiger partial charge in [-0.15, -0.1) is 0 Å². The number of anilines is 1. The number of hydrogen-bond acceptors (Lipinski definition) is 2. The summed E-state index contributed by atoms with van der Waals surface area (Å²) < 4.78 is 13.9. The van der Waals surface area contributed by atoms with Crippen LogP contribution in [0, 0.1) is 11.7 Å². The van der Waals surface area contributed by atoms with Gasteiger partial charge < -0.3 is 10.6 Å². The van der Waals surface area contributed by atoms with Gasteiger partial charge in [0.05, 0.1) is 0 Å². The lowest BCUT2D eigenvalue weighted by molar-refractivity contribution is 0.595. The maximum absolute atomic E-state index is 13.9. The maximum Gasteiger partial charge on any atom is 0.128 e. The number of hydrogen-bond donors (Lipinski definition) is 1. The van der Waals surface area contributed by atoms with E-state index in [1.54, 1.807) is 6.07 Å². The van der Waals surface area contributed by atoms with Crippen LogP contribution in [0.15, 0.2) is 18.2 Å². The van der Waals surface area contributed by atoms with Crippen molar-refractivity contribution in [2.24, 2.45) is 11.7 Å². The zero-order chi connectivity index (χ0) is 12.4. The molecule has 0 aromatic heterocycles. The molecule has 1 heterocycles. The first kappa shape index (κ1) is 12.4. The van der Waals surface area contributed by atoms with Crippen molar-refractivity contribution >= 4 is 5.69 Å². The second-order valence-electron chi connectivity index (χ2n) is 5.20. The molecule has 17 heavy (non-hydrogen) atoms. The Bertz CT molecular complexity index is 390. The first-order valence-corrected chi connectivity index (χ1v) is 6.36. The van der Waals surface area contributed by atoms with Crippen molar-refractivity contribution in [3.63, 3.8) is 0 Å². The summed E-state index contributed by atoms with van der Waals surface area (Å²) in [6.45, 7) is 6.69. The smallest absolute Gasteiger partial charge is 0.128 e. The zero-order valence-electron chi connectivity index (χ0n) is 10.6. The minimum absolute atomic E-state index is 0.0892. The second-order valence-corrected chi connectivity index (χ2v) is 5.20. The van der Waals surface area contributed by atoms with E-state index in [0.29, 0.717) is 5.92 Å². The molecule has 3 heteroatoms. The predicted molar refractivity (Wildman–Crippen MR) is 69.9 cm³/mol. The van der Waals surface area contributed by atoms with Crippen molar-refractivity contribution in [1.82, 2.24) is 0 Å². The molecule has 2 rings (SSSR count). The van der Waals surface area contributed by atoms with Gasteiger partial charge in [0.25, 0.3) is 0 Å². The van der Waals surface area contributed by atoms with Gasteiger partial charge in [-0.05, 0) is 42.5 Å². The fourth-order valence-corrected chi connectivity index (χ4v) is 2.44. The molecule has 0 spiro atoms. The van der Waals surface area contributed by atoms with Crippen molar-refractivity contribution in [3.05, 3.63) is 29.6 Å². The summed E-state index contributed by atoms with van der Waals surface area (Å²) in [7, 11) is 0. The van der Waals surface area contributed by atoms with E-state index in [9.17, 15) is 4.39 Å². The molecule has 1 unspecified atom stereocenters.